The van der Waals surface area contributed by atoms with Gasteiger partial charge in [-0.1, -0.05) is 11.6 Å². The molecule has 2 N–H and O–H groups in total. The van der Waals surface area contributed by atoms with E-state index in [2.05, 4.69) is 15.4 Å². The predicted octanol–water partition coefficient (Wildman–Crippen LogP) is 3.27. The second-order valence-electron chi connectivity index (χ2n) is 4.63. The third-order valence-electron chi connectivity index (χ3n) is 3.24. The molecule has 3 rings (SSSR count). The molecule has 2 aromatic heterocycles. The number of benzene rings is 1. The molecule has 8 heteroatoms. The van der Waals surface area contributed by atoms with Gasteiger partial charge in [-0.2, -0.15) is 5.10 Å². The number of anilines is 2. The summed E-state index contributed by atoms with van der Waals surface area (Å²) < 4.78 is 14.6. The molecule has 3 aromatic rings. The number of aromatic nitrogens is 3. The van der Waals surface area contributed by atoms with Crippen molar-refractivity contribution in [1.82, 2.24) is 14.6 Å². The van der Waals surface area contributed by atoms with Crippen LogP contribution in [0.2, 0.25) is 5.02 Å². The van der Waals surface area contributed by atoms with Gasteiger partial charge in [0.15, 0.2) is 5.82 Å². The topological polar surface area (TPSA) is 79.5 Å². The molecule has 2 heterocycles. The highest BCUT2D eigenvalue weighted by atomic mass is 35.5. The molecule has 112 valence electrons. The number of carbonyl (C=O) groups is 1. The third-order valence-corrected chi connectivity index (χ3v) is 3.53. The van der Waals surface area contributed by atoms with Crippen molar-refractivity contribution in [3.05, 3.63) is 52.7 Å². The predicted molar refractivity (Wildman–Crippen MR) is 79.4 cm³/mol. The molecule has 0 unspecified atom stereocenters. The van der Waals surface area contributed by atoms with Crippen LogP contribution in [0.4, 0.5) is 15.9 Å². The van der Waals surface area contributed by atoms with Crippen molar-refractivity contribution in [1.29, 1.82) is 0 Å². The summed E-state index contributed by atoms with van der Waals surface area (Å²) in [4.78, 5) is 15.3. The Balaban J connectivity index is 2.10. The lowest BCUT2D eigenvalue weighted by molar-refractivity contribution is 0.0696. The van der Waals surface area contributed by atoms with Gasteiger partial charge in [0.1, 0.15) is 17.7 Å². The summed E-state index contributed by atoms with van der Waals surface area (Å²) in [5.74, 6) is -1.16. The van der Waals surface area contributed by atoms with Gasteiger partial charge in [0.2, 0.25) is 0 Å². The molecule has 1 aromatic carbocycles. The van der Waals surface area contributed by atoms with Crippen molar-refractivity contribution in [2.45, 2.75) is 6.92 Å². The fourth-order valence-corrected chi connectivity index (χ4v) is 2.36. The van der Waals surface area contributed by atoms with E-state index in [4.69, 9.17) is 11.6 Å². The summed E-state index contributed by atoms with van der Waals surface area (Å²) in [7, 11) is 0. The van der Waals surface area contributed by atoms with Gasteiger partial charge in [-0.25, -0.2) is 18.7 Å². The fourth-order valence-electron chi connectivity index (χ4n) is 2.18. The van der Waals surface area contributed by atoms with Crippen molar-refractivity contribution in [2.75, 3.05) is 5.32 Å². The number of fused-ring (bicyclic) bond motifs is 1. The molecule has 0 aliphatic rings. The van der Waals surface area contributed by atoms with E-state index >= 15 is 0 Å². The minimum Gasteiger partial charge on any atom is -0.478 e. The van der Waals surface area contributed by atoms with Crippen LogP contribution in [0.3, 0.4) is 0 Å². The number of nitrogens with zero attached hydrogens (tertiary/aromatic N) is 3. The number of rotatable bonds is 3. The van der Waals surface area contributed by atoms with Crippen LogP contribution in [0.5, 0.6) is 0 Å². The number of nitrogens with one attached hydrogen (secondary N) is 1. The van der Waals surface area contributed by atoms with Crippen LogP contribution >= 0.6 is 11.6 Å². The standard InChI is InChI=1S/C14H10ClFN4O2/c1-7-9(14(21)22)5-20-12(7)13(17-6-18-20)19-8-2-3-11(16)10(15)4-8/h2-6H,1H3,(H,21,22)(H,17,18,19). The number of carboxylic acids is 1. The van der Waals surface area contributed by atoms with Crippen LogP contribution in [-0.2, 0) is 0 Å². The Morgan fingerprint density at radius 3 is 2.91 bits per heavy atom. The molecule has 0 aliphatic carbocycles. The lowest BCUT2D eigenvalue weighted by Gasteiger charge is -2.08. The summed E-state index contributed by atoms with van der Waals surface area (Å²) in [6, 6.07) is 4.17. The first-order valence-electron chi connectivity index (χ1n) is 6.25. The van der Waals surface area contributed by atoms with Crippen LogP contribution in [0.1, 0.15) is 15.9 Å². The minimum absolute atomic E-state index is 0.0200. The normalized spacial score (nSPS) is 10.9. The lowest BCUT2D eigenvalue weighted by atomic mass is 10.2. The number of hydrogen-bond acceptors (Lipinski definition) is 4. The molecular formula is C14H10ClFN4O2. The molecule has 0 spiro atoms. The molecule has 0 saturated heterocycles. The molecule has 0 saturated carbocycles. The molecule has 6 nitrogen and oxygen atoms in total. The monoisotopic (exact) mass is 320 g/mol. The van der Waals surface area contributed by atoms with Gasteiger partial charge >= 0.3 is 5.97 Å². The Kier molecular flexibility index (Phi) is 3.42. The first-order chi connectivity index (χ1) is 10.5. The van der Waals surface area contributed by atoms with E-state index in [0.29, 0.717) is 22.6 Å². The van der Waals surface area contributed by atoms with E-state index < -0.39 is 11.8 Å². The lowest BCUT2D eigenvalue weighted by Crippen LogP contribution is -2.00. The molecule has 0 radical (unpaired) electrons. The Labute approximate surface area is 129 Å². The van der Waals surface area contributed by atoms with Gasteiger partial charge in [-0.05, 0) is 30.7 Å². The Hall–Kier alpha value is -2.67. The van der Waals surface area contributed by atoms with E-state index in [1.807, 2.05) is 0 Å². The van der Waals surface area contributed by atoms with Crippen molar-refractivity contribution < 1.29 is 14.3 Å². The molecular weight excluding hydrogens is 311 g/mol. The van der Waals surface area contributed by atoms with Crippen molar-refractivity contribution in [3.63, 3.8) is 0 Å². The van der Waals surface area contributed by atoms with Gasteiger partial charge in [-0.15, -0.1) is 0 Å². The van der Waals surface area contributed by atoms with E-state index in [9.17, 15) is 14.3 Å². The van der Waals surface area contributed by atoms with Gasteiger partial charge in [0.25, 0.3) is 0 Å². The Morgan fingerprint density at radius 2 is 2.23 bits per heavy atom. The fraction of sp³-hybridized carbons (Fsp3) is 0.0714. The van der Waals surface area contributed by atoms with Crippen LogP contribution in [0, 0.1) is 12.7 Å². The molecule has 0 fully saturated rings. The highest BCUT2D eigenvalue weighted by Crippen LogP contribution is 2.27. The smallest absolute Gasteiger partial charge is 0.337 e. The van der Waals surface area contributed by atoms with Gasteiger partial charge in [0, 0.05) is 11.9 Å². The zero-order chi connectivity index (χ0) is 15.9. The van der Waals surface area contributed by atoms with Crippen LogP contribution < -0.4 is 5.32 Å². The Morgan fingerprint density at radius 1 is 1.45 bits per heavy atom. The van der Waals surface area contributed by atoms with E-state index in [1.54, 1.807) is 6.92 Å². The minimum atomic E-state index is -1.04. The second-order valence-corrected chi connectivity index (χ2v) is 5.04. The SMILES string of the molecule is Cc1c(C(=O)O)cn2ncnc(Nc3ccc(F)c(Cl)c3)c12. The average molecular weight is 321 g/mol. The molecule has 22 heavy (non-hydrogen) atoms. The summed E-state index contributed by atoms with van der Waals surface area (Å²) in [5.41, 5.74) is 1.73. The summed E-state index contributed by atoms with van der Waals surface area (Å²) in [6.07, 6.45) is 2.71. The van der Waals surface area contributed by atoms with Gasteiger partial charge in [-0.3, -0.25) is 0 Å². The summed E-state index contributed by atoms with van der Waals surface area (Å²) >= 11 is 5.74. The maximum absolute atomic E-state index is 13.2. The third kappa shape index (κ3) is 2.35. The molecule has 0 amide bonds. The number of aromatic carboxylic acids is 1. The summed E-state index contributed by atoms with van der Waals surface area (Å²) in [5, 5.41) is 16.1. The van der Waals surface area contributed by atoms with E-state index in [0.717, 1.165) is 0 Å². The summed E-state index contributed by atoms with van der Waals surface area (Å²) in [6.45, 7) is 1.67. The van der Waals surface area contributed by atoms with Crippen LogP contribution in [0.15, 0.2) is 30.7 Å². The second kappa shape index (κ2) is 5.27. The van der Waals surface area contributed by atoms with E-state index in [1.165, 1.54) is 35.2 Å². The maximum atomic E-state index is 13.2. The van der Waals surface area contributed by atoms with Crippen molar-refractivity contribution in [2.24, 2.45) is 0 Å². The first kappa shape index (κ1) is 14.3. The quantitative estimate of drug-likeness (QED) is 0.774. The Bertz CT molecular complexity index is 894. The zero-order valence-corrected chi connectivity index (χ0v) is 12.1. The van der Waals surface area contributed by atoms with E-state index in [-0.39, 0.29) is 10.6 Å². The van der Waals surface area contributed by atoms with Crippen molar-refractivity contribution >= 4 is 34.6 Å². The van der Waals surface area contributed by atoms with Crippen LogP contribution in [-0.4, -0.2) is 25.7 Å². The number of hydrogen-bond donors (Lipinski definition) is 2. The van der Waals surface area contributed by atoms with Crippen molar-refractivity contribution in [3.8, 4) is 0 Å². The average Bonchev–Trinajstić information content (AvgIpc) is 2.81. The molecule has 0 bridgehead atoms. The molecule has 0 aliphatic heterocycles. The number of aryl methyl sites for hydroxylation is 1. The number of halogens is 2. The first-order valence-corrected chi connectivity index (χ1v) is 6.63. The highest BCUT2D eigenvalue weighted by molar-refractivity contribution is 6.31. The highest BCUT2D eigenvalue weighted by Gasteiger charge is 2.17. The maximum Gasteiger partial charge on any atom is 0.337 e. The zero-order valence-electron chi connectivity index (χ0n) is 11.3. The number of carboxylic acid groups (broad SMARTS) is 1. The van der Waals surface area contributed by atoms with Crippen LogP contribution in [0.25, 0.3) is 5.52 Å². The van der Waals surface area contributed by atoms with Gasteiger partial charge < -0.3 is 10.4 Å². The largest absolute Gasteiger partial charge is 0.478 e. The van der Waals surface area contributed by atoms with Gasteiger partial charge in [0.05, 0.1) is 10.6 Å². The molecule has 0 atom stereocenters.